The first kappa shape index (κ1) is 13.9. The molecule has 3 aromatic rings. The second-order valence-corrected chi connectivity index (χ2v) is 5.83. The number of amides is 1. The van der Waals surface area contributed by atoms with E-state index in [1.54, 1.807) is 0 Å². The van der Waals surface area contributed by atoms with Crippen molar-refractivity contribution in [3.8, 4) is 0 Å². The molecule has 0 radical (unpaired) electrons. The summed E-state index contributed by atoms with van der Waals surface area (Å²) in [4.78, 5) is 16.0. The molecule has 23 heavy (non-hydrogen) atoms. The van der Waals surface area contributed by atoms with Gasteiger partial charge in [-0.1, -0.05) is 17.3 Å². The van der Waals surface area contributed by atoms with Gasteiger partial charge in [0.05, 0.1) is 6.04 Å². The molecule has 1 aliphatic rings. The summed E-state index contributed by atoms with van der Waals surface area (Å²) in [5.74, 6) is 0.771. The van der Waals surface area contributed by atoms with Crippen LogP contribution in [0, 0.1) is 6.92 Å². The second kappa shape index (κ2) is 5.49. The monoisotopic (exact) mass is 311 g/mol. The normalized spacial score (nSPS) is 18.0. The van der Waals surface area contributed by atoms with Crippen molar-refractivity contribution in [1.29, 1.82) is 0 Å². The van der Waals surface area contributed by atoms with E-state index >= 15 is 0 Å². The van der Waals surface area contributed by atoms with Crippen molar-refractivity contribution >= 4 is 16.9 Å². The lowest BCUT2D eigenvalue weighted by Gasteiger charge is -2.22. The van der Waals surface area contributed by atoms with Crippen molar-refractivity contribution in [3.05, 3.63) is 41.8 Å². The maximum atomic E-state index is 12.6. The summed E-state index contributed by atoms with van der Waals surface area (Å²) >= 11 is 0. The van der Waals surface area contributed by atoms with Crippen molar-refractivity contribution in [1.82, 2.24) is 25.1 Å². The first-order valence-electron chi connectivity index (χ1n) is 7.73. The van der Waals surface area contributed by atoms with Crippen LogP contribution in [0.4, 0.5) is 0 Å². The number of aryl methyl sites for hydroxylation is 1. The smallest absolute Gasteiger partial charge is 0.246 e. The van der Waals surface area contributed by atoms with Crippen LogP contribution in [0.5, 0.6) is 0 Å². The molecule has 0 N–H and O–H groups in total. The fourth-order valence-corrected chi connectivity index (χ4v) is 3.10. The van der Waals surface area contributed by atoms with Crippen molar-refractivity contribution in [2.75, 3.05) is 6.54 Å². The Kier molecular flexibility index (Phi) is 3.33. The molecule has 1 fully saturated rings. The average molecular weight is 311 g/mol. The molecule has 1 unspecified atom stereocenters. The molecule has 0 aliphatic carbocycles. The highest BCUT2D eigenvalue weighted by Crippen LogP contribution is 2.31. The lowest BCUT2D eigenvalue weighted by molar-refractivity contribution is -0.133. The van der Waals surface area contributed by atoms with Gasteiger partial charge in [-0.3, -0.25) is 4.79 Å². The number of hydrogen-bond acceptors (Lipinski definition) is 5. The first-order chi connectivity index (χ1) is 11.2. The van der Waals surface area contributed by atoms with E-state index in [0.29, 0.717) is 0 Å². The molecule has 0 bridgehead atoms. The van der Waals surface area contributed by atoms with Crippen molar-refractivity contribution in [2.45, 2.75) is 32.4 Å². The topological polar surface area (TPSA) is 77.1 Å². The Morgan fingerprint density at radius 3 is 2.70 bits per heavy atom. The number of aromatic nitrogens is 4. The average Bonchev–Trinajstić information content (AvgIpc) is 3.24. The predicted molar refractivity (Wildman–Crippen MR) is 82.5 cm³/mol. The van der Waals surface area contributed by atoms with Crippen LogP contribution in [0.15, 0.2) is 34.9 Å². The predicted octanol–water partition coefficient (Wildman–Crippen LogP) is 2.09. The Morgan fingerprint density at radius 2 is 2.04 bits per heavy atom. The molecule has 4 rings (SSSR count). The number of rotatable bonds is 3. The van der Waals surface area contributed by atoms with Crippen LogP contribution >= 0.6 is 0 Å². The number of benzene rings is 1. The Hall–Kier alpha value is -2.70. The van der Waals surface area contributed by atoms with E-state index in [1.807, 2.05) is 42.2 Å². The van der Waals surface area contributed by atoms with Crippen LogP contribution in [0.2, 0.25) is 0 Å². The molecule has 1 saturated heterocycles. The van der Waals surface area contributed by atoms with Gasteiger partial charge in [-0.25, -0.2) is 0 Å². The molecule has 0 saturated carbocycles. The van der Waals surface area contributed by atoms with E-state index in [0.717, 1.165) is 41.9 Å². The van der Waals surface area contributed by atoms with E-state index in [1.165, 1.54) is 4.80 Å². The number of carbonyl (C=O) groups excluding carboxylic acids is 1. The van der Waals surface area contributed by atoms with Gasteiger partial charge in [0, 0.05) is 12.6 Å². The Balaban J connectivity index is 1.53. The zero-order valence-electron chi connectivity index (χ0n) is 12.8. The van der Waals surface area contributed by atoms with Gasteiger partial charge in [-0.15, -0.1) is 0 Å². The molecule has 7 heteroatoms. The second-order valence-electron chi connectivity index (χ2n) is 5.83. The number of likely N-dealkylation sites (tertiary alicyclic amines) is 1. The van der Waals surface area contributed by atoms with Crippen molar-refractivity contribution in [2.24, 2.45) is 0 Å². The van der Waals surface area contributed by atoms with Gasteiger partial charge < -0.3 is 9.42 Å². The van der Waals surface area contributed by atoms with Crippen LogP contribution in [0.1, 0.15) is 30.3 Å². The summed E-state index contributed by atoms with van der Waals surface area (Å²) < 4.78 is 5.15. The third kappa shape index (κ3) is 2.58. The fourth-order valence-electron chi connectivity index (χ4n) is 3.10. The Morgan fingerprint density at radius 1 is 1.30 bits per heavy atom. The fraction of sp³-hybridized carbons (Fsp3) is 0.375. The van der Waals surface area contributed by atoms with Gasteiger partial charge >= 0.3 is 0 Å². The number of carbonyl (C=O) groups is 1. The van der Waals surface area contributed by atoms with Gasteiger partial charge in [0.15, 0.2) is 0 Å². The third-order valence-corrected chi connectivity index (χ3v) is 4.17. The number of fused-ring (bicyclic) bond motifs is 1. The lowest BCUT2D eigenvalue weighted by Crippen LogP contribution is -2.34. The number of nitrogens with zero attached hydrogens (tertiary/aromatic N) is 5. The molecule has 0 spiro atoms. The van der Waals surface area contributed by atoms with Gasteiger partial charge in [0.1, 0.15) is 29.0 Å². The summed E-state index contributed by atoms with van der Waals surface area (Å²) in [5, 5.41) is 12.8. The van der Waals surface area contributed by atoms with Crippen molar-refractivity contribution in [3.63, 3.8) is 0 Å². The molecule has 2 aromatic heterocycles. The van der Waals surface area contributed by atoms with E-state index in [9.17, 15) is 4.79 Å². The molecule has 118 valence electrons. The van der Waals surface area contributed by atoms with Crippen LogP contribution in [0.25, 0.3) is 11.0 Å². The molecule has 1 atom stereocenters. The van der Waals surface area contributed by atoms with E-state index < -0.39 is 0 Å². The summed E-state index contributed by atoms with van der Waals surface area (Å²) in [6.07, 6.45) is 1.88. The van der Waals surface area contributed by atoms with Gasteiger partial charge in [0.2, 0.25) is 5.91 Å². The molecule has 1 aliphatic heterocycles. The van der Waals surface area contributed by atoms with Crippen LogP contribution in [-0.2, 0) is 11.3 Å². The minimum atomic E-state index is -0.00933. The highest BCUT2D eigenvalue weighted by Gasteiger charge is 2.32. The van der Waals surface area contributed by atoms with Crippen LogP contribution in [0.3, 0.4) is 0 Å². The first-order valence-corrected chi connectivity index (χ1v) is 7.73. The molecule has 1 aromatic carbocycles. The van der Waals surface area contributed by atoms with E-state index in [2.05, 4.69) is 15.4 Å². The Labute approximate surface area is 132 Å². The maximum absolute atomic E-state index is 12.6. The lowest BCUT2D eigenvalue weighted by atomic mass is 10.1. The highest BCUT2D eigenvalue weighted by atomic mass is 16.5. The Bertz CT molecular complexity index is 820. The standard InChI is InChI=1S/C16H17N5O2/c1-11-9-14(19-23-11)15-7-4-8-20(15)16(22)10-21-17-12-5-2-3-6-13(12)18-21/h2-3,5-6,9,15H,4,7-8,10H2,1H3. The third-order valence-electron chi connectivity index (χ3n) is 4.17. The van der Waals surface area contributed by atoms with Crippen molar-refractivity contribution < 1.29 is 9.32 Å². The zero-order chi connectivity index (χ0) is 15.8. The van der Waals surface area contributed by atoms with Gasteiger partial charge in [-0.05, 0) is 31.9 Å². The summed E-state index contributed by atoms with van der Waals surface area (Å²) in [6.45, 7) is 2.73. The molecule has 3 heterocycles. The summed E-state index contributed by atoms with van der Waals surface area (Å²) in [5.41, 5.74) is 2.42. The van der Waals surface area contributed by atoms with Crippen LogP contribution < -0.4 is 0 Å². The highest BCUT2D eigenvalue weighted by molar-refractivity contribution is 5.77. The van der Waals surface area contributed by atoms with E-state index in [4.69, 9.17) is 4.52 Å². The SMILES string of the molecule is Cc1cc(C2CCCN2C(=O)Cn2nc3ccccc3n2)no1. The quantitative estimate of drug-likeness (QED) is 0.740. The molecule has 1 amide bonds. The largest absolute Gasteiger partial charge is 0.361 e. The zero-order valence-corrected chi connectivity index (χ0v) is 12.8. The van der Waals surface area contributed by atoms with Crippen LogP contribution in [-0.4, -0.2) is 37.5 Å². The molecular formula is C16H17N5O2. The molecule has 7 nitrogen and oxygen atoms in total. The van der Waals surface area contributed by atoms with E-state index in [-0.39, 0.29) is 18.5 Å². The summed E-state index contributed by atoms with van der Waals surface area (Å²) in [6, 6.07) is 9.49. The minimum Gasteiger partial charge on any atom is -0.361 e. The van der Waals surface area contributed by atoms with Gasteiger partial charge in [0.25, 0.3) is 0 Å². The summed E-state index contributed by atoms with van der Waals surface area (Å²) in [7, 11) is 0. The molecular weight excluding hydrogens is 294 g/mol. The number of hydrogen-bond donors (Lipinski definition) is 0. The maximum Gasteiger partial charge on any atom is 0.246 e. The minimum absolute atomic E-state index is 0.00783. The van der Waals surface area contributed by atoms with Gasteiger partial charge in [-0.2, -0.15) is 15.0 Å².